The average molecular weight is 521 g/mol. The fourth-order valence-electron chi connectivity index (χ4n) is 3.53. The summed E-state index contributed by atoms with van der Waals surface area (Å²) in [6, 6.07) is 0. The van der Waals surface area contributed by atoms with Crippen LogP contribution in [0.2, 0.25) is 0 Å². The number of nitrogens with one attached hydrogen (secondary N) is 2. The first-order chi connectivity index (χ1) is 16.2. The van der Waals surface area contributed by atoms with E-state index in [1.165, 1.54) is 17.2 Å². The Kier molecular flexibility index (Phi) is 9.62. The van der Waals surface area contributed by atoms with Crippen LogP contribution in [0.15, 0.2) is 12.7 Å². The Morgan fingerprint density at radius 3 is 2.59 bits per heavy atom. The molecule has 1 amide bonds. The molecule has 3 rings (SSSR count). The minimum Gasteiger partial charge on any atom is -0.387 e. The van der Waals surface area contributed by atoms with Crippen molar-refractivity contribution in [2.24, 2.45) is 0 Å². The van der Waals surface area contributed by atoms with Gasteiger partial charge < -0.3 is 35.4 Å². The lowest BCUT2D eigenvalue weighted by Gasteiger charge is -2.16. The summed E-state index contributed by atoms with van der Waals surface area (Å²) in [5, 5.41) is 26.6. The van der Waals surface area contributed by atoms with Crippen LogP contribution in [0.3, 0.4) is 0 Å². The number of aliphatic hydroxyl groups excluding tert-OH is 2. The van der Waals surface area contributed by atoms with E-state index in [0.717, 1.165) is 25.7 Å². The van der Waals surface area contributed by atoms with Crippen molar-refractivity contribution in [1.29, 1.82) is 0 Å². The molecule has 190 valence electrons. The van der Waals surface area contributed by atoms with Gasteiger partial charge in [-0.3, -0.25) is 13.9 Å². The number of phosphoric ester groups is 1. The predicted octanol–water partition coefficient (Wildman–Crippen LogP) is -0.427. The number of anilines is 1. The van der Waals surface area contributed by atoms with E-state index in [1.807, 2.05) is 0 Å². The second kappa shape index (κ2) is 12.2. The number of hydrogen-bond donors (Lipinski definition) is 7. The Hall–Kier alpha value is -1.84. The highest BCUT2D eigenvalue weighted by molar-refractivity contribution is 7.81. The Morgan fingerprint density at radius 2 is 1.88 bits per heavy atom. The molecule has 2 aromatic rings. The summed E-state index contributed by atoms with van der Waals surface area (Å²) >= 11 is 3.90. The first-order valence-corrected chi connectivity index (χ1v) is 12.9. The molecule has 0 spiro atoms. The maximum Gasteiger partial charge on any atom is 0.469 e. The molecule has 2 aromatic heterocycles. The second-order valence-electron chi connectivity index (χ2n) is 7.73. The highest BCUT2D eigenvalue weighted by atomic mass is 32.1. The van der Waals surface area contributed by atoms with Gasteiger partial charge in [-0.1, -0.05) is 12.8 Å². The number of carbonyl (C=O) groups excluding carboxylic acids is 1. The lowest BCUT2D eigenvalue weighted by Crippen LogP contribution is -2.33. The molecule has 1 saturated heterocycles. The zero-order valence-corrected chi connectivity index (χ0v) is 20.0. The summed E-state index contributed by atoms with van der Waals surface area (Å²) in [7, 11) is -4.76. The van der Waals surface area contributed by atoms with Crippen molar-refractivity contribution in [3.8, 4) is 0 Å². The number of nitrogens with zero attached hydrogens (tertiary/aromatic N) is 4. The average Bonchev–Trinajstić information content (AvgIpc) is 3.35. The summed E-state index contributed by atoms with van der Waals surface area (Å²) in [6.45, 7) is 0.673. The van der Waals surface area contributed by atoms with Crippen LogP contribution in [0, 0.1) is 0 Å². The maximum atomic E-state index is 11.1. The molecule has 0 radical (unpaired) electrons. The van der Waals surface area contributed by atoms with Crippen LogP contribution in [0.5, 0.6) is 0 Å². The third kappa shape index (κ3) is 7.09. The molecule has 3 heterocycles. The van der Waals surface area contributed by atoms with E-state index in [9.17, 15) is 19.6 Å². The molecule has 6 N–H and O–H groups in total. The van der Waals surface area contributed by atoms with Crippen LogP contribution < -0.4 is 10.6 Å². The van der Waals surface area contributed by atoms with E-state index in [1.54, 1.807) is 0 Å². The molecule has 16 heteroatoms. The quantitative estimate of drug-likeness (QED) is 0.102. The Labute approximate surface area is 200 Å². The van der Waals surface area contributed by atoms with Gasteiger partial charge in [0.25, 0.3) is 0 Å². The SMILES string of the molecule is O=C(CS)NCCCCCCNc1ncnc2c1ncn2[C@@H]1O[C@H](COP(=O)(O)O)[C@@H](O)[C@H]1O. The van der Waals surface area contributed by atoms with Gasteiger partial charge in [0.1, 0.15) is 24.6 Å². The minimum atomic E-state index is -4.76. The van der Waals surface area contributed by atoms with Gasteiger partial charge in [0.15, 0.2) is 23.2 Å². The van der Waals surface area contributed by atoms with E-state index < -0.39 is 39.0 Å². The topological polar surface area (TPSA) is 201 Å². The van der Waals surface area contributed by atoms with Gasteiger partial charge in [0, 0.05) is 13.1 Å². The molecule has 34 heavy (non-hydrogen) atoms. The van der Waals surface area contributed by atoms with Gasteiger partial charge >= 0.3 is 7.82 Å². The van der Waals surface area contributed by atoms with Crippen molar-refractivity contribution < 1.29 is 38.6 Å². The molecule has 0 aliphatic carbocycles. The normalized spacial score (nSPS) is 22.9. The minimum absolute atomic E-state index is 0.0766. The standard InChI is InChI=1S/C18H29N6O8PS/c25-12(8-34)19-5-3-1-2-4-6-20-16-13-17(22-9-21-16)24(10-23-13)18-15(27)14(26)11(32-18)7-31-33(28,29)30/h9-11,14-15,18,26-27,34H,1-8H2,(H,19,25)(H,20,21,22)(H2,28,29,30)/t11-,14-,15-,18-/m1/s1. The summed E-state index contributed by atoms with van der Waals surface area (Å²) in [5.74, 6) is 0.608. The number of hydrogen-bond acceptors (Lipinski definition) is 11. The number of phosphoric acid groups is 1. The number of amides is 1. The Morgan fingerprint density at radius 1 is 1.15 bits per heavy atom. The number of thiol groups is 1. The molecule has 0 saturated carbocycles. The van der Waals surface area contributed by atoms with E-state index in [4.69, 9.17) is 14.5 Å². The molecular weight excluding hydrogens is 491 g/mol. The number of carbonyl (C=O) groups is 1. The zero-order chi connectivity index (χ0) is 24.7. The van der Waals surface area contributed by atoms with Crippen molar-refractivity contribution >= 4 is 43.3 Å². The monoisotopic (exact) mass is 520 g/mol. The molecule has 0 bridgehead atoms. The summed E-state index contributed by atoms with van der Waals surface area (Å²) in [4.78, 5) is 41.5. The molecule has 0 unspecified atom stereocenters. The molecule has 1 aliphatic rings. The number of rotatable bonds is 13. The summed E-state index contributed by atoms with van der Waals surface area (Å²) < 4.78 is 22.3. The Balaban J connectivity index is 1.54. The van der Waals surface area contributed by atoms with E-state index in [0.29, 0.717) is 30.1 Å². The third-order valence-corrected chi connectivity index (χ3v) is 6.01. The zero-order valence-electron chi connectivity index (χ0n) is 18.2. The van der Waals surface area contributed by atoms with Gasteiger partial charge in [-0.05, 0) is 12.8 Å². The first-order valence-electron chi connectivity index (χ1n) is 10.7. The number of fused-ring (bicyclic) bond motifs is 1. The fraction of sp³-hybridized carbons (Fsp3) is 0.667. The van der Waals surface area contributed by atoms with E-state index in [2.05, 4.69) is 42.7 Å². The van der Waals surface area contributed by atoms with Crippen LogP contribution in [0.25, 0.3) is 11.2 Å². The fourth-order valence-corrected chi connectivity index (χ4v) is 3.98. The number of aromatic nitrogens is 4. The van der Waals surface area contributed by atoms with Crippen LogP contribution in [0.1, 0.15) is 31.9 Å². The van der Waals surface area contributed by atoms with Gasteiger partial charge in [-0.15, -0.1) is 0 Å². The van der Waals surface area contributed by atoms with Crippen molar-refractivity contribution in [2.75, 3.05) is 30.8 Å². The Bertz CT molecular complexity index is 1010. The number of unbranched alkanes of at least 4 members (excludes halogenated alkanes) is 3. The molecule has 14 nitrogen and oxygen atoms in total. The first kappa shape index (κ1) is 26.8. The summed E-state index contributed by atoms with van der Waals surface area (Å²) in [6.07, 6.45) is 1.34. The smallest absolute Gasteiger partial charge is 0.387 e. The van der Waals surface area contributed by atoms with Gasteiger partial charge in [0.05, 0.1) is 18.7 Å². The van der Waals surface area contributed by atoms with Gasteiger partial charge in [0.2, 0.25) is 5.91 Å². The van der Waals surface area contributed by atoms with E-state index >= 15 is 0 Å². The highest BCUT2D eigenvalue weighted by Gasteiger charge is 2.45. The van der Waals surface area contributed by atoms with Crippen LogP contribution in [0.4, 0.5) is 5.82 Å². The lowest BCUT2D eigenvalue weighted by molar-refractivity contribution is -0.118. The molecule has 4 atom stereocenters. The molecular formula is C18H29N6O8PS. The highest BCUT2D eigenvalue weighted by Crippen LogP contribution is 2.38. The molecule has 0 aromatic carbocycles. The lowest BCUT2D eigenvalue weighted by atomic mass is 10.1. The number of ether oxygens (including phenoxy) is 1. The van der Waals surface area contributed by atoms with Crippen LogP contribution in [-0.2, 0) is 18.6 Å². The third-order valence-electron chi connectivity index (χ3n) is 5.24. The van der Waals surface area contributed by atoms with Crippen LogP contribution in [-0.4, -0.2) is 89.2 Å². The van der Waals surface area contributed by atoms with Gasteiger partial charge in [-0.25, -0.2) is 19.5 Å². The van der Waals surface area contributed by atoms with Crippen molar-refractivity contribution in [1.82, 2.24) is 24.8 Å². The summed E-state index contributed by atoms with van der Waals surface area (Å²) in [5.41, 5.74) is 0.794. The van der Waals surface area contributed by atoms with Gasteiger partial charge in [-0.2, -0.15) is 12.6 Å². The van der Waals surface area contributed by atoms with Crippen molar-refractivity contribution in [3.63, 3.8) is 0 Å². The largest absolute Gasteiger partial charge is 0.469 e. The molecule has 1 aliphatic heterocycles. The second-order valence-corrected chi connectivity index (χ2v) is 9.28. The van der Waals surface area contributed by atoms with Crippen LogP contribution >= 0.6 is 20.5 Å². The number of aliphatic hydroxyl groups is 2. The van der Waals surface area contributed by atoms with Crippen molar-refractivity contribution in [3.05, 3.63) is 12.7 Å². The maximum absolute atomic E-state index is 11.1. The van der Waals surface area contributed by atoms with Crippen molar-refractivity contribution in [2.45, 2.75) is 50.2 Å². The molecule has 1 fully saturated rings. The van der Waals surface area contributed by atoms with E-state index in [-0.39, 0.29) is 11.7 Å². The predicted molar refractivity (Wildman–Crippen MR) is 123 cm³/mol. The number of imidazole rings is 1.